The van der Waals surface area contributed by atoms with Crippen LogP contribution in [0.15, 0.2) is 54.6 Å². The first-order chi connectivity index (χ1) is 8.79. The molecule has 0 aliphatic carbocycles. The topological polar surface area (TPSA) is 20.2 Å². The molecular weight excluding hydrogens is 240 g/mol. The van der Waals surface area contributed by atoms with Gasteiger partial charge >= 0.3 is 0 Å². The average molecular weight is 258 g/mol. The van der Waals surface area contributed by atoms with Crippen LogP contribution in [0, 0.1) is 6.92 Å². The molecule has 0 saturated carbocycles. The minimum Gasteiger partial charge on any atom is -0.395 e. The van der Waals surface area contributed by atoms with E-state index in [2.05, 4.69) is 43.3 Å². The molecule has 1 unspecified atom stereocenters. The van der Waals surface area contributed by atoms with Crippen molar-refractivity contribution in [3.63, 3.8) is 0 Å². The summed E-state index contributed by atoms with van der Waals surface area (Å²) >= 11 is 1.78. The predicted molar refractivity (Wildman–Crippen MR) is 78.7 cm³/mol. The Morgan fingerprint density at radius 1 is 1.00 bits per heavy atom. The van der Waals surface area contributed by atoms with Crippen molar-refractivity contribution in [2.75, 3.05) is 6.61 Å². The average Bonchev–Trinajstić information content (AvgIpc) is 2.43. The van der Waals surface area contributed by atoms with Gasteiger partial charge in [0.25, 0.3) is 0 Å². The number of hydrogen-bond donors (Lipinski definition) is 1. The van der Waals surface area contributed by atoms with E-state index in [1.165, 1.54) is 16.7 Å². The van der Waals surface area contributed by atoms with Gasteiger partial charge in [-0.2, -0.15) is 0 Å². The molecule has 0 aromatic heterocycles. The Hall–Kier alpha value is -1.25. The highest BCUT2D eigenvalue weighted by atomic mass is 32.2. The molecule has 2 aromatic rings. The van der Waals surface area contributed by atoms with E-state index in [-0.39, 0.29) is 11.9 Å². The van der Waals surface area contributed by atoms with Crippen LogP contribution < -0.4 is 0 Å². The fraction of sp³-hybridized carbons (Fsp3) is 0.250. The first kappa shape index (κ1) is 13.2. The Morgan fingerprint density at radius 3 is 2.28 bits per heavy atom. The number of thioether (sulfide) groups is 1. The number of aryl methyl sites for hydroxylation is 1. The molecule has 0 heterocycles. The van der Waals surface area contributed by atoms with Gasteiger partial charge in [0.1, 0.15) is 0 Å². The molecule has 0 fully saturated rings. The van der Waals surface area contributed by atoms with E-state index in [0.29, 0.717) is 0 Å². The Morgan fingerprint density at radius 2 is 1.67 bits per heavy atom. The molecule has 0 saturated heterocycles. The van der Waals surface area contributed by atoms with E-state index in [0.717, 1.165) is 5.75 Å². The lowest BCUT2D eigenvalue weighted by molar-refractivity contribution is 0.296. The molecule has 0 radical (unpaired) electrons. The van der Waals surface area contributed by atoms with Gasteiger partial charge in [-0.05, 0) is 18.1 Å². The van der Waals surface area contributed by atoms with E-state index >= 15 is 0 Å². The van der Waals surface area contributed by atoms with Crippen LogP contribution in [-0.2, 0) is 5.75 Å². The third-order valence-corrected chi connectivity index (χ3v) is 4.23. The van der Waals surface area contributed by atoms with Crippen LogP contribution >= 0.6 is 11.8 Å². The lowest BCUT2D eigenvalue weighted by Gasteiger charge is -2.14. The second-order valence-corrected chi connectivity index (χ2v) is 5.57. The van der Waals surface area contributed by atoms with Crippen LogP contribution in [0.4, 0.5) is 0 Å². The molecule has 2 rings (SSSR count). The predicted octanol–water partition coefficient (Wildman–Crippen LogP) is 3.96. The fourth-order valence-electron chi connectivity index (χ4n) is 1.80. The summed E-state index contributed by atoms with van der Waals surface area (Å²) in [4.78, 5) is 0. The van der Waals surface area contributed by atoms with Crippen LogP contribution in [0.1, 0.15) is 21.9 Å². The van der Waals surface area contributed by atoms with Crippen LogP contribution in [0.3, 0.4) is 0 Å². The summed E-state index contributed by atoms with van der Waals surface area (Å²) in [6.07, 6.45) is 0. The van der Waals surface area contributed by atoms with E-state index in [9.17, 15) is 5.11 Å². The Balaban J connectivity index is 1.97. The molecule has 1 atom stereocenters. The van der Waals surface area contributed by atoms with Gasteiger partial charge in [0, 0.05) is 5.75 Å². The first-order valence-electron chi connectivity index (χ1n) is 6.12. The van der Waals surface area contributed by atoms with Crippen molar-refractivity contribution in [2.45, 2.75) is 17.9 Å². The van der Waals surface area contributed by atoms with Crippen molar-refractivity contribution in [1.29, 1.82) is 0 Å². The minimum atomic E-state index is 0.160. The summed E-state index contributed by atoms with van der Waals surface area (Å²) in [6, 6.07) is 18.8. The number of rotatable bonds is 5. The van der Waals surface area contributed by atoms with E-state index in [1.54, 1.807) is 11.8 Å². The van der Waals surface area contributed by atoms with Gasteiger partial charge in [-0.3, -0.25) is 0 Å². The van der Waals surface area contributed by atoms with Crippen molar-refractivity contribution in [3.8, 4) is 0 Å². The number of benzene rings is 2. The van der Waals surface area contributed by atoms with Crippen molar-refractivity contribution in [2.24, 2.45) is 0 Å². The number of aliphatic hydroxyl groups excluding tert-OH is 1. The van der Waals surface area contributed by atoms with Gasteiger partial charge in [0.15, 0.2) is 0 Å². The molecule has 1 nitrogen and oxygen atoms in total. The Labute approximate surface area is 113 Å². The molecule has 0 aliphatic rings. The monoisotopic (exact) mass is 258 g/mol. The molecule has 2 heteroatoms. The third kappa shape index (κ3) is 3.62. The van der Waals surface area contributed by atoms with E-state index in [4.69, 9.17) is 0 Å². The van der Waals surface area contributed by atoms with Crippen LogP contribution in [0.5, 0.6) is 0 Å². The first-order valence-corrected chi connectivity index (χ1v) is 7.17. The maximum Gasteiger partial charge on any atom is 0.0591 e. The Kier molecular flexibility index (Phi) is 4.85. The van der Waals surface area contributed by atoms with Gasteiger partial charge in [-0.1, -0.05) is 60.2 Å². The highest BCUT2D eigenvalue weighted by molar-refractivity contribution is 7.98. The summed E-state index contributed by atoms with van der Waals surface area (Å²) in [5.41, 5.74) is 3.78. The zero-order chi connectivity index (χ0) is 12.8. The molecule has 0 spiro atoms. The molecule has 0 bridgehead atoms. The van der Waals surface area contributed by atoms with Crippen LogP contribution in [-0.4, -0.2) is 11.7 Å². The van der Waals surface area contributed by atoms with Gasteiger partial charge in [0.2, 0.25) is 0 Å². The summed E-state index contributed by atoms with van der Waals surface area (Å²) in [5.74, 6) is 0.931. The van der Waals surface area contributed by atoms with E-state index < -0.39 is 0 Å². The zero-order valence-corrected chi connectivity index (χ0v) is 11.4. The van der Waals surface area contributed by atoms with Crippen LogP contribution in [0.2, 0.25) is 0 Å². The van der Waals surface area contributed by atoms with Gasteiger partial charge in [-0.15, -0.1) is 11.8 Å². The van der Waals surface area contributed by atoms with Gasteiger partial charge in [0.05, 0.1) is 11.9 Å². The van der Waals surface area contributed by atoms with E-state index in [1.807, 2.05) is 18.2 Å². The minimum absolute atomic E-state index is 0.160. The molecular formula is C16H18OS. The number of hydrogen-bond acceptors (Lipinski definition) is 2. The van der Waals surface area contributed by atoms with Crippen molar-refractivity contribution in [1.82, 2.24) is 0 Å². The fourth-order valence-corrected chi connectivity index (χ4v) is 2.84. The smallest absolute Gasteiger partial charge is 0.0591 e. The quantitative estimate of drug-likeness (QED) is 0.876. The summed E-state index contributed by atoms with van der Waals surface area (Å²) < 4.78 is 0. The second kappa shape index (κ2) is 6.62. The molecule has 0 aliphatic heterocycles. The summed E-state index contributed by atoms with van der Waals surface area (Å²) in [5, 5.41) is 9.64. The zero-order valence-electron chi connectivity index (χ0n) is 10.5. The standard InChI is InChI=1S/C16H18OS/c1-13-7-9-14(10-8-13)12-18-16(11-17)15-5-3-2-4-6-15/h2-10,16-17H,11-12H2,1H3. The summed E-state index contributed by atoms with van der Waals surface area (Å²) in [7, 11) is 0. The second-order valence-electron chi connectivity index (χ2n) is 4.38. The third-order valence-electron chi connectivity index (χ3n) is 2.91. The molecule has 0 amide bonds. The maximum atomic E-state index is 9.48. The van der Waals surface area contributed by atoms with Crippen LogP contribution in [0.25, 0.3) is 0 Å². The van der Waals surface area contributed by atoms with Gasteiger partial charge < -0.3 is 5.11 Å². The highest BCUT2D eigenvalue weighted by Gasteiger charge is 2.10. The molecule has 1 N–H and O–H groups in total. The van der Waals surface area contributed by atoms with Crippen molar-refractivity contribution < 1.29 is 5.11 Å². The SMILES string of the molecule is Cc1ccc(CSC(CO)c2ccccc2)cc1. The van der Waals surface area contributed by atoms with Crippen molar-refractivity contribution in [3.05, 3.63) is 71.3 Å². The molecule has 94 valence electrons. The molecule has 2 aromatic carbocycles. The normalized spacial score (nSPS) is 12.3. The molecule has 18 heavy (non-hydrogen) atoms. The van der Waals surface area contributed by atoms with Crippen molar-refractivity contribution >= 4 is 11.8 Å². The summed E-state index contributed by atoms with van der Waals surface area (Å²) in [6.45, 7) is 2.28. The number of aliphatic hydroxyl groups is 1. The highest BCUT2D eigenvalue weighted by Crippen LogP contribution is 2.30. The largest absolute Gasteiger partial charge is 0.395 e. The lowest BCUT2D eigenvalue weighted by atomic mass is 10.1. The Bertz CT molecular complexity index is 464. The lowest BCUT2D eigenvalue weighted by Crippen LogP contribution is -2.00. The van der Waals surface area contributed by atoms with Gasteiger partial charge in [-0.25, -0.2) is 0 Å². The maximum absolute atomic E-state index is 9.48.